The molecular weight excluding hydrogens is 415 g/mol. The Hall–Kier alpha value is -0.110. The van der Waals surface area contributed by atoms with Crippen LogP contribution in [0.2, 0.25) is 0 Å². The third-order valence-corrected chi connectivity index (χ3v) is 4.45. The lowest BCUT2D eigenvalue weighted by Crippen LogP contribution is -2.12. The molecule has 0 aliphatic heterocycles. The molecule has 0 spiro atoms. The van der Waals surface area contributed by atoms with Crippen LogP contribution >= 0.6 is 38.5 Å². The first-order valence-corrected chi connectivity index (χ1v) is 7.81. The van der Waals surface area contributed by atoms with Crippen LogP contribution < -0.4 is 0 Å². The summed E-state index contributed by atoms with van der Waals surface area (Å²) in [5.74, 6) is -1.02. The molecule has 0 radical (unpaired) electrons. The number of carbonyl (C=O) groups is 2. The zero-order chi connectivity index (χ0) is 14.0. The third kappa shape index (κ3) is 7.35. The summed E-state index contributed by atoms with van der Waals surface area (Å²) in [6.45, 7) is 4.75. The zero-order valence-electron chi connectivity index (χ0n) is 10.6. The molecule has 0 heterocycles. The van der Waals surface area contributed by atoms with Gasteiger partial charge in [0.1, 0.15) is 8.06 Å². The molecule has 0 rings (SSSR count). The maximum Gasteiger partial charge on any atom is 0.346 e. The summed E-state index contributed by atoms with van der Waals surface area (Å²) in [6.07, 6.45) is 3.52. The maximum atomic E-state index is 11.6. The monoisotopic (exact) mass is 432 g/mol. The lowest BCUT2D eigenvalue weighted by Gasteiger charge is -2.06. The Balaban J connectivity index is 4.30. The molecule has 0 saturated carbocycles. The van der Waals surface area contributed by atoms with Crippen molar-refractivity contribution in [1.29, 1.82) is 0 Å². The first-order valence-electron chi connectivity index (χ1n) is 5.94. The summed E-state index contributed by atoms with van der Waals surface area (Å²) in [4.78, 5) is 23.1. The maximum absolute atomic E-state index is 11.6. The number of halogens is 2. The fourth-order valence-corrected chi connectivity index (χ4v) is 1.58. The molecule has 104 valence electrons. The van der Waals surface area contributed by atoms with Crippen molar-refractivity contribution in [2.45, 2.75) is 39.5 Å². The minimum Gasteiger partial charge on any atom is -0.462 e. The average molecular weight is 433 g/mol. The molecule has 0 aromatic rings. The van der Waals surface area contributed by atoms with E-state index in [9.17, 15) is 9.59 Å². The van der Waals surface area contributed by atoms with Gasteiger partial charge in [-0.15, -0.1) is 0 Å². The highest BCUT2D eigenvalue weighted by Crippen LogP contribution is 2.21. The Morgan fingerprint density at radius 1 is 1.00 bits per heavy atom. The van der Waals surface area contributed by atoms with Crippen molar-refractivity contribution in [1.82, 2.24) is 0 Å². The van der Waals surface area contributed by atoms with Crippen molar-refractivity contribution in [3.05, 3.63) is 8.06 Å². The fourth-order valence-electron chi connectivity index (χ4n) is 0.924. The van der Waals surface area contributed by atoms with Gasteiger partial charge in [0, 0.05) is 0 Å². The van der Waals surface area contributed by atoms with Crippen molar-refractivity contribution in [3.63, 3.8) is 0 Å². The van der Waals surface area contributed by atoms with Crippen molar-refractivity contribution in [3.8, 4) is 0 Å². The number of carbonyl (C=O) groups excluding carboxylic acids is 2. The molecule has 0 amide bonds. The van der Waals surface area contributed by atoms with E-state index in [2.05, 4.69) is 15.9 Å². The lowest BCUT2D eigenvalue weighted by molar-refractivity contribution is -0.141. The number of unbranched alkanes of at least 4 members (excludes halogenated alkanes) is 2. The standard InChI is InChI=1S/C12H18BrIO4/c1-3-5-7-17-11(15)9(13)10(14)12(16)18-8-6-4-2/h3-8H2,1-2H3/b10-9-. The van der Waals surface area contributed by atoms with Gasteiger partial charge in [-0.05, 0) is 51.4 Å². The molecule has 0 bridgehead atoms. The normalized spacial score (nSPS) is 11.8. The number of esters is 2. The van der Waals surface area contributed by atoms with E-state index in [1.165, 1.54) is 0 Å². The molecule has 0 atom stereocenters. The molecule has 0 aromatic heterocycles. The van der Waals surface area contributed by atoms with Gasteiger partial charge in [-0.25, -0.2) is 9.59 Å². The predicted molar refractivity (Wildman–Crippen MR) is 81.7 cm³/mol. The second kappa shape index (κ2) is 10.8. The van der Waals surface area contributed by atoms with Crippen molar-refractivity contribution < 1.29 is 19.1 Å². The Morgan fingerprint density at radius 2 is 1.44 bits per heavy atom. The van der Waals surface area contributed by atoms with Crippen molar-refractivity contribution in [2.24, 2.45) is 0 Å². The number of rotatable bonds is 8. The summed E-state index contributed by atoms with van der Waals surface area (Å²) in [7, 11) is 0. The highest BCUT2D eigenvalue weighted by atomic mass is 127. The molecule has 0 fully saturated rings. The highest BCUT2D eigenvalue weighted by Gasteiger charge is 2.19. The molecule has 0 unspecified atom stereocenters. The van der Waals surface area contributed by atoms with Crippen LogP contribution in [-0.2, 0) is 19.1 Å². The molecule has 4 nitrogen and oxygen atoms in total. The predicted octanol–water partition coefficient (Wildman–Crippen LogP) is 3.71. The third-order valence-electron chi connectivity index (χ3n) is 2.01. The van der Waals surface area contributed by atoms with E-state index < -0.39 is 11.9 Å². The summed E-state index contributed by atoms with van der Waals surface area (Å²) >= 11 is 4.85. The minimum absolute atomic E-state index is 0.126. The average Bonchev–Trinajstić information content (AvgIpc) is 2.37. The molecule has 18 heavy (non-hydrogen) atoms. The fraction of sp³-hybridized carbons (Fsp3) is 0.667. The number of ether oxygens (including phenoxy) is 2. The van der Waals surface area contributed by atoms with Crippen molar-refractivity contribution in [2.75, 3.05) is 13.2 Å². The molecule has 0 aromatic carbocycles. The van der Waals surface area contributed by atoms with E-state index in [4.69, 9.17) is 9.47 Å². The van der Waals surface area contributed by atoms with Crippen molar-refractivity contribution >= 4 is 50.5 Å². The van der Waals surface area contributed by atoms with Gasteiger partial charge in [0.25, 0.3) is 0 Å². The first-order chi connectivity index (χ1) is 8.54. The highest BCUT2D eigenvalue weighted by molar-refractivity contribution is 14.1. The second-order valence-corrected chi connectivity index (χ2v) is 5.48. The van der Waals surface area contributed by atoms with Gasteiger partial charge in [0.2, 0.25) is 0 Å². The smallest absolute Gasteiger partial charge is 0.346 e. The molecule has 0 aliphatic rings. The number of hydrogen-bond donors (Lipinski definition) is 0. The van der Waals surface area contributed by atoms with E-state index in [0.29, 0.717) is 13.2 Å². The molecule has 0 N–H and O–H groups in total. The largest absolute Gasteiger partial charge is 0.462 e. The van der Waals surface area contributed by atoms with Crippen LogP contribution in [0.5, 0.6) is 0 Å². The minimum atomic E-state index is -0.528. The summed E-state index contributed by atoms with van der Waals surface area (Å²) in [5, 5.41) is 0. The topological polar surface area (TPSA) is 52.6 Å². The van der Waals surface area contributed by atoms with Crippen LogP contribution in [0.25, 0.3) is 0 Å². The van der Waals surface area contributed by atoms with E-state index in [1.54, 1.807) is 22.6 Å². The Bertz CT molecular complexity index is 285. The van der Waals surface area contributed by atoms with E-state index in [1.807, 2.05) is 13.8 Å². The van der Waals surface area contributed by atoms with Gasteiger partial charge >= 0.3 is 11.9 Å². The summed E-state index contributed by atoms with van der Waals surface area (Å²) in [5.41, 5.74) is 0. The van der Waals surface area contributed by atoms with Gasteiger partial charge in [0.15, 0.2) is 0 Å². The van der Waals surface area contributed by atoms with Crippen LogP contribution in [0.15, 0.2) is 8.06 Å². The Labute approximate surface area is 130 Å². The quantitative estimate of drug-likeness (QED) is 0.254. The van der Waals surface area contributed by atoms with Gasteiger partial charge in [0.05, 0.1) is 13.2 Å². The zero-order valence-corrected chi connectivity index (χ0v) is 14.4. The van der Waals surface area contributed by atoms with Gasteiger partial charge in [-0.2, -0.15) is 0 Å². The molecule has 6 heteroatoms. The summed E-state index contributed by atoms with van der Waals surface area (Å²) in [6, 6.07) is 0. The van der Waals surface area contributed by atoms with Crippen LogP contribution in [0.4, 0.5) is 0 Å². The van der Waals surface area contributed by atoms with E-state index >= 15 is 0 Å². The van der Waals surface area contributed by atoms with E-state index in [-0.39, 0.29) is 8.06 Å². The summed E-state index contributed by atoms with van der Waals surface area (Å²) < 4.78 is 10.3. The van der Waals surface area contributed by atoms with E-state index in [0.717, 1.165) is 25.7 Å². The molecule has 0 aliphatic carbocycles. The van der Waals surface area contributed by atoms with Gasteiger partial charge in [-0.3, -0.25) is 0 Å². The van der Waals surface area contributed by atoms with Crippen LogP contribution in [0.3, 0.4) is 0 Å². The Morgan fingerprint density at radius 3 is 1.89 bits per heavy atom. The van der Waals surface area contributed by atoms with Crippen LogP contribution in [-0.4, -0.2) is 25.2 Å². The lowest BCUT2D eigenvalue weighted by atomic mass is 10.3. The Kier molecular flexibility index (Phi) is 10.7. The van der Waals surface area contributed by atoms with Gasteiger partial charge < -0.3 is 9.47 Å². The van der Waals surface area contributed by atoms with Crippen LogP contribution in [0, 0.1) is 0 Å². The van der Waals surface area contributed by atoms with Crippen LogP contribution in [0.1, 0.15) is 39.5 Å². The molecule has 0 saturated heterocycles. The second-order valence-electron chi connectivity index (χ2n) is 3.61. The SMILES string of the molecule is CCCCOC(=O)/C(Br)=C(/I)C(=O)OCCCC. The number of hydrogen-bond acceptors (Lipinski definition) is 4. The van der Waals surface area contributed by atoms with Gasteiger partial charge in [-0.1, -0.05) is 26.7 Å². The first kappa shape index (κ1) is 17.9. The molecular formula is C12H18BrIO4.